The molecule has 2 rings (SSSR count). The van der Waals surface area contributed by atoms with Crippen LogP contribution in [0.2, 0.25) is 0 Å². The predicted molar refractivity (Wildman–Crippen MR) is 94.7 cm³/mol. The molecule has 118 valence electrons. The molecule has 1 fully saturated rings. The zero-order chi connectivity index (χ0) is 15.5. The Morgan fingerprint density at radius 1 is 1.14 bits per heavy atom. The van der Waals surface area contributed by atoms with E-state index in [1.54, 1.807) is 0 Å². The SMILES string of the molecule is Cc1cc(C(C)(C)C)ccc1OCC1(CS)CCCCC1. The molecule has 1 saturated carbocycles. The van der Waals surface area contributed by atoms with E-state index in [9.17, 15) is 0 Å². The van der Waals surface area contributed by atoms with Gasteiger partial charge in [0, 0.05) is 5.41 Å². The topological polar surface area (TPSA) is 9.23 Å². The molecule has 2 heteroatoms. The molecule has 0 spiro atoms. The van der Waals surface area contributed by atoms with Crippen molar-refractivity contribution in [2.45, 2.75) is 65.2 Å². The maximum atomic E-state index is 6.19. The van der Waals surface area contributed by atoms with Gasteiger partial charge in [-0.25, -0.2) is 0 Å². The first-order chi connectivity index (χ1) is 9.86. The molecule has 0 heterocycles. The Bertz CT molecular complexity index is 467. The molecule has 0 amide bonds. The summed E-state index contributed by atoms with van der Waals surface area (Å²) in [7, 11) is 0. The maximum absolute atomic E-state index is 6.19. The van der Waals surface area contributed by atoms with Gasteiger partial charge in [0.25, 0.3) is 0 Å². The fraction of sp³-hybridized carbons (Fsp3) is 0.684. The minimum atomic E-state index is 0.193. The Hall–Kier alpha value is -0.630. The molecule has 1 aliphatic rings. The maximum Gasteiger partial charge on any atom is 0.122 e. The zero-order valence-electron chi connectivity index (χ0n) is 14.0. The summed E-state index contributed by atoms with van der Waals surface area (Å²) in [5.41, 5.74) is 3.09. The van der Waals surface area contributed by atoms with E-state index in [0.717, 1.165) is 18.1 Å². The Balaban J connectivity index is 2.06. The molecule has 1 aromatic carbocycles. The van der Waals surface area contributed by atoms with Crippen LogP contribution in [0.3, 0.4) is 0 Å². The molecule has 1 aromatic rings. The van der Waals surface area contributed by atoms with E-state index >= 15 is 0 Å². The molecule has 0 radical (unpaired) electrons. The van der Waals surface area contributed by atoms with Crippen LogP contribution < -0.4 is 4.74 Å². The molecule has 1 aliphatic carbocycles. The summed E-state index contributed by atoms with van der Waals surface area (Å²) < 4.78 is 6.19. The van der Waals surface area contributed by atoms with E-state index in [-0.39, 0.29) is 10.8 Å². The van der Waals surface area contributed by atoms with Gasteiger partial charge in [0.15, 0.2) is 0 Å². The van der Waals surface area contributed by atoms with E-state index < -0.39 is 0 Å². The lowest BCUT2D eigenvalue weighted by molar-refractivity contribution is 0.120. The molecule has 0 aliphatic heterocycles. The lowest BCUT2D eigenvalue weighted by Crippen LogP contribution is -2.33. The Kier molecular flexibility index (Phi) is 5.29. The second-order valence-corrected chi connectivity index (χ2v) is 8.05. The van der Waals surface area contributed by atoms with Crippen LogP contribution in [0.4, 0.5) is 0 Å². The first-order valence-corrected chi connectivity index (χ1v) is 8.84. The van der Waals surface area contributed by atoms with Crippen LogP contribution in [-0.4, -0.2) is 12.4 Å². The highest BCUT2D eigenvalue weighted by Crippen LogP contribution is 2.38. The van der Waals surface area contributed by atoms with E-state index in [4.69, 9.17) is 4.74 Å². The average molecular weight is 307 g/mol. The van der Waals surface area contributed by atoms with Crippen LogP contribution in [0.15, 0.2) is 18.2 Å². The van der Waals surface area contributed by atoms with Crippen molar-refractivity contribution < 1.29 is 4.74 Å². The summed E-state index contributed by atoms with van der Waals surface area (Å²) in [4.78, 5) is 0. The van der Waals surface area contributed by atoms with Crippen molar-refractivity contribution in [1.29, 1.82) is 0 Å². The van der Waals surface area contributed by atoms with E-state index in [1.807, 2.05) is 0 Å². The lowest BCUT2D eigenvalue weighted by Gasteiger charge is -2.35. The number of rotatable bonds is 4. The highest BCUT2D eigenvalue weighted by molar-refractivity contribution is 7.80. The molecular formula is C19H30OS. The standard InChI is InChI=1S/C19H30OS/c1-15-12-16(18(2,3)4)8-9-17(15)20-13-19(14-21)10-6-5-7-11-19/h8-9,12,21H,5-7,10-11,13-14H2,1-4H3. The molecule has 0 aromatic heterocycles. The lowest BCUT2D eigenvalue weighted by atomic mass is 9.76. The molecule has 0 unspecified atom stereocenters. The first-order valence-electron chi connectivity index (χ1n) is 8.21. The van der Waals surface area contributed by atoms with Crippen LogP contribution >= 0.6 is 12.6 Å². The van der Waals surface area contributed by atoms with Crippen molar-refractivity contribution in [3.63, 3.8) is 0 Å². The average Bonchev–Trinajstić information content (AvgIpc) is 2.46. The van der Waals surface area contributed by atoms with Crippen LogP contribution in [0.25, 0.3) is 0 Å². The van der Waals surface area contributed by atoms with Gasteiger partial charge in [0.1, 0.15) is 5.75 Å². The number of thiol groups is 1. The van der Waals surface area contributed by atoms with Crippen molar-refractivity contribution in [3.05, 3.63) is 29.3 Å². The summed E-state index contributed by atoms with van der Waals surface area (Å²) in [5, 5.41) is 0. The van der Waals surface area contributed by atoms with Gasteiger partial charge in [-0.3, -0.25) is 0 Å². The fourth-order valence-electron chi connectivity index (χ4n) is 3.16. The Labute approximate surface area is 135 Å². The predicted octanol–water partition coefficient (Wildman–Crippen LogP) is 5.55. The quantitative estimate of drug-likeness (QED) is 0.717. The first kappa shape index (κ1) is 16.7. The summed E-state index contributed by atoms with van der Waals surface area (Å²) in [6, 6.07) is 6.62. The van der Waals surface area contributed by atoms with E-state index in [0.29, 0.717) is 0 Å². The summed E-state index contributed by atoms with van der Waals surface area (Å²) >= 11 is 4.60. The number of hydrogen-bond donors (Lipinski definition) is 1. The third-order valence-corrected chi connectivity index (χ3v) is 5.50. The number of aryl methyl sites for hydroxylation is 1. The third kappa shape index (κ3) is 4.18. The van der Waals surface area contributed by atoms with Gasteiger partial charge in [-0.05, 0) is 48.1 Å². The number of hydrogen-bond acceptors (Lipinski definition) is 2. The van der Waals surface area contributed by atoms with Crippen molar-refractivity contribution in [1.82, 2.24) is 0 Å². The zero-order valence-corrected chi connectivity index (χ0v) is 14.9. The molecule has 0 bridgehead atoms. The highest BCUT2D eigenvalue weighted by Gasteiger charge is 2.31. The van der Waals surface area contributed by atoms with Gasteiger partial charge in [-0.15, -0.1) is 0 Å². The molecule has 1 nitrogen and oxygen atoms in total. The number of ether oxygens (including phenoxy) is 1. The molecule has 0 saturated heterocycles. The normalized spacial score (nSPS) is 18.5. The van der Waals surface area contributed by atoms with Crippen LogP contribution in [-0.2, 0) is 5.41 Å². The molecular weight excluding hydrogens is 276 g/mol. The molecule has 21 heavy (non-hydrogen) atoms. The summed E-state index contributed by atoms with van der Waals surface area (Å²) in [5.74, 6) is 1.97. The van der Waals surface area contributed by atoms with Crippen molar-refractivity contribution in [2.24, 2.45) is 5.41 Å². The van der Waals surface area contributed by atoms with E-state index in [1.165, 1.54) is 43.2 Å². The monoisotopic (exact) mass is 306 g/mol. The van der Waals surface area contributed by atoms with Gasteiger partial charge < -0.3 is 4.74 Å². The van der Waals surface area contributed by atoms with Gasteiger partial charge in [-0.2, -0.15) is 12.6 Å². The van der Waals surface area contributed by atoms with Crippen LogP contribution in [0.5, 0.6) is 5.75 Å². The Morgan fingerprint density at radius 2 is 1.81 bits per heavy atom. The minimum absolute atomic E-state index is 0.193. The molecule has 0 atom stereocenters. The van der Waals surface area contributed by atoms with Crippen molar-refractivity contribution in [2.75, 3.05) is 12.4 Å². The second-order valence-electron chi connectivity index (χ2n) is 7.74. The summed E-state index contributed by atoms with van der Waals surface area (Å²) in [6.45, 7) is 9.71. The van der Waals surface area contributed by atoms with Gasteiger partial charge in [0.05, 0.1) is 6.61 Å². The van der Waals surface area contributed by atoms with Crippen LogP contribution in [0, 0.1) is 12.3 Å². The van der Waals surface area contributed by atoms with Crippen molar-refractivity contribution in [3.8, 4) is 5.75 Å². The minimum Gasteiger partial charge on any atom is -0.493 e. The van der Waals surface area contributed by atoms with Crippen LogP contribution in [0.1, 0.15) is 64.0 Å². The van der Waals surface area contributed by atoms with Gasteiger partial charge >= 0.3 is 0 Å². The number of benzene rings is 1. The summed E-state index contributed by atoms with van der Waals surface area (Å²) in [6.07, 6.45) is 6.54. The highest BCUT2D eigenvalue weighted by atomic mass is 32.1. The fourth-order valence-corrected chi connectivity index (χ4v) is 3.57. The van der Waals surface area contributed by atoms with Gasteiger partial charge in [0.2, 0.25) is 0 Å². The van der Waals surface area contributed by atoms with Crippen molar-refractivity contribution >= 4 is 12.6 Å². The van der Waals surface area contributed by atoms with E-state index in [2.05, 4.69) is 58.5 Å². The smallest absolute Gasteiger partial charge is 0.122 e. The van der Waals surface area contributed by atoms with Gasteiger partial charge in [-0.1, -0.05) is 52.2 Å². The third-order valence-electron chi connectivity index (χ3n) is 4.82. The second kappa shape index (κ2) is 6.64. The Morgan fingerprint density at radius 3 is 2.33 bits per heavy atom. The largest absolute Gasteiger partial charge is 0.493 e. The molecule has 0 N–H and O–H groups in total.